The first-order chi connectivity index (χ1) is 11.7. The Labute approximate surface area is 146 Å². The molecule has 136 valence electrons. The second-order valence-corrected chi connectivity index (χ2v) is 5.65. The third kappa shape index (κ3) is 16.7. The molecule has 4 heteroatoms. The zero-order valence-corrected chi connectivity index (χ0v) is 14.8. The molecule has 4 nitrogen and oxygen atoms in total. The van der Waals surface area contributed by atoms with Gasteiger partial charge in [0.25, 0.3) is 0 Å². The fraction of sp³-hybridized carbons (Fsp3) is 0.550. The normalized spacial score (nSPS) is 13.8. The van der Waals surface area contributed by atoms with Gasteiger partial charge in [-0.05, 0) is 38.5 Å². The van der Waals surface area contributed by atoms with E-state index in [9.17, 15) is 4.79 Å². The average molecular weight is 336 g/mol. The first-order valence-corrected chi connectivity index (χ1v) is 8.86. The minimum atomic E-state index is -0.768. The Hall–Kier alpha value is -1.65. The summed E-state index contributed by atoms with van der Waals surface area (Å²) >= 11 is 0. The van der Waals surface area contributed by atoms with E-state index in [-0.39, 0.29) is 12.5 Å². The number of hydrogen-bond donors (Lipinski definition) is 2. The van der Waals surface area contributed by atoms with Crippen LogP contribution < -0.4 is 0 Å². The Balaban J connectivity index is 3.81. The van der Waals surface area contributed by atoms with Crippen molar-refractivity contribution < 1.29 is 20.0 Å². The maximum Gasteiger partial charge on any atom is 0.303 e. The van der Waals surface area contributed by atoms with Crippen molar-refractivity contribution >= 4 is 5.97 Å². The molecule has 0 aromatic carbocycles. The molecule has 0 heterocycles. The molecule has 24 heavy (non-hydrogen) atoms. The summed E-state index contributed by atoms with van der Waals surface area (Å²) in [6, 6.07) is 0. The van der Waals surface area contributed by atoms with Crippen LogP contribution in [-0.2, 0) is 9.68 Å². The van der Waals surface area contributed by atoms with E-state index in [0.29, 0.717) is 12.8 Å². The fourth-order valence-corrected chi connectivity index (χ4v) is 2.02. The van der Waals surface area contributed by atoms with Crippen LogP contribution in [0.1, 0.15) is 64.7 Å². The lowest BCUT2D eigenvalue weighted by molar-refractivity contribution is -0.264. The summed E-state index contributed by atoms with van der Waals surface area (Å²) in [4.78, 5) is 14.8. The summed E-state index contributed by atoms with van der Waals surface area (Å²) in [5.74, 6) is -0.768. The molecule has 0 amide bonds. The van der Waals surface area contributed by atoms with E-state index in [1.165, 1.54) is 19.3 Å². The van der Waals surface area contributed by atoms with E-state index in [4.69, 9.17) is 10.4 Å². The molecule has 0 radical (unpaired) electrons. The van der Waals surface area contributed by atoms with Gasteiger partial charge < -0.3 is 5.11 Å². The van der Waals surface area contributed by atoms with Crippen molar-refractivity contribution in [3.63, 3.8) is 0 Å². The first kappa shape index (κ1) is 22.4. The molecular weight excluding hydrogens is 304 g/mol. The molecule has 0 aromatic rings. The van der Waals surface area contributed by atoms with Crippen molar-refractivity contribution in [2.45, 2.75) is 70.8 Å². The molecule has 0 fully saturated rings. The lowest BCUT2D eigenvalue weighted by atomic mass is 10.2. The minimum Gasteiger partial charge on any atom is -0.481 e. The molecular formula is C20H32O4. The van der Waals surface area contributed by atoms with E-state index < -0.39 is 5.97 Å². The predicted octanol–water partition coefficient (Wildman–Crippen LogP) is 5.68. The van der Waals surface area contributed by atoms with Crippen LogP contribution in [0.5, 0.6) is 0 Å². The van der Waals surface area contributed by atoms with Crippen molar-refractivity contribution in [2.24, 2.45) is 0 Å². The predicted molar refractivity (Wildman–Crippen MR) is 98.9 cm³/mol. The highest BCUT2D eigenvalue weighted by Crippen LogP contribution is 2.04. The molecule has 0 rings (SSSR count). The Morgan fingerprint density at radius 2 is 1.75 bits per heavy atom. The summed E-state index contributed by atoms with van der Waals surface area (Å²) in [7, 11) is 0. The van der Waals surface area contributed by atoms with Gasteiger partial charge in [-0.2, -0.15) is 0 Å². The highest BCUT2D eigenvalue weighted by Gasteiger charge is 1.99. The zero-order valence-electron chi connectivity index (χ0n) is 14.8. The minimum absolute atomic E-state index is 0.189. The second-order valence-electron chi connectivity index (χ2n) is 5.65. The Morgan fingerprint density at radius 1 is 1.00 bits per heavy atom. The van der Waals surface area contributed by atoms with Gasteiger partial charge >= 0.3 is 5.97 Å². The Morgan fingerprint density at radius 3 is 2.46 bits per heavy atom. The van der Waals surface area contributed by atoms with Gasteiger partial charge in [-0.3, -0.25) is 10.1 Å². The van der Waals surface area contributed by atoms with Crippen LogP contribution in [0.4, 0.5) is 0 Å². The van der Waals surface area contributed by atoms with E-state index in [0.717, 1.165) is 19.3 Å². The molecule has 2 N–H and O–H groups in total. The number of rotatable bonds is 15. The Kier molecular flexibility index (Phi) is 16.5. The third-order valence-electron chi connectivity index (χ3n) is 3.42. The van der Waals surface area contributed by atoms with Gasteiger partial charge in [0.1, 0.15) is 6.10 Å². The number of aliphatic carboxylic acids is 1. The van der Waals surface area contributed by atoms with E-state index in [1.54, 1.807) is 6.08 Å². The quantitative estimate of drug-likeness (QED) is 0.133. The highest BCUT2D eigenvalue weighted by molar-refractivity contribution is 5.66. The van der Waals surface area contributed by atoms with Gasteiger partial charge in [-0.1, -0.05) is 68.4 Å². The number of carboxylic acid groups (broad SMARTS) is 1. The highest BCUT2D eigenvalue weighted by atomic mass is 17.1. The number of carboxylic acids is 1. The Bertz CT molecular complexity index is 408. The average Bonchev–Trinajstić information content (AvgIpc) is 2.57. The summed E-state index contributed by atoms with van der Waals surface area (Å²) in [5.41, 5.74) is 0. The van der Waals surface area contributed by atoms with Crippen molar-refractivity contribution in [3.8, 4) is 0 Å². The number of hydrogen-bond acceptors (Lipinski definition) is 3. The molecule has 0 bridgehead atoms. The van der Waals surface area contributed by atoms with Crippen molar-refractivity contribution in [1.82, 2.24) is 0 Å². The van der Waals surface area contributed by atoms with Gasteiger partial charge in [-0.25, -0.2) is 4.89 Å². The van der Waals surface area contributed by atoms with E-state index in [2.05, 4.69) is 30.0 Å². The second kappa shape index (κ2) is 17.7. The zero-order chi connectivity index (χ0) is 17.9. The number of allylic oxidation sites excluding steroid dienone is 6. The van der Waals surface area contributed by atoms with Crippen LogP contribution in [0.2, 0.25) is 0 Å². The standard InChI is InChI=1S/C20H32O4/c1-2-3-4-5-6-7-8-10-13-16-19(24-23)17-14-11-9-12-15-18-20(21)22/h6-7,9-11,13-14,17,19,23H,2-5,8,12,15-16,18H2,1H3,(H,21,22)/b7-6-,11-9-,13-10-,17-14+. The lowest BCUT2D eigenvalue weighted by Crippen LogP contribution is -2.04. The summed E-state index contributed by atoms with van der Waals surface area (Å²) < 4.78 is 0. The van der Waals surface area contributed by atoms with Crippen LogP contribution in [-0.4, -0.2) is 22.4 Å². The summed E-state index contributed by atoms with van der Waals surface area (Å²) in [6.07, 6.45) is 23.4. The summed E-state index contributed by atoms with van der Waals surface area (Å²) in [6.45, 7) is 2.20. The van der Waals surface area contributed by atoms with Gasteiger partial charge in [0.15, 0.2) is 0 Å². The van der Waals surface area contributed by atoms with Crippen molar-refractivity contribution in [1.29, 1.82) is 0 Å². The van der Waals surface area contributed by atoms with Gasteiger partial charge in [0.2, 0.25) is 0 Å². The van der Waals surface area contributed by atoms with Crippen LogP contribution >= 0.6 is 0 Å². The fourth-order valence-electron chi connectivity index (χ4n) is 2.02. The van der Waals surface area contributed by atoms with Gasteiger partial charge in [-0.15, -0.1) is 0 Å². The monoisotopic (exact) mass is 336 g/mol. The molecule has 0 spiro atoms. The van der Waals surface area contributed by atoms with Crippen molar-refractivity contribution in [2.75, 3.05) is 0 Å². The molecule has 0 aromatic heterocycles. The lowest BCUT2D eigenvalue weighted by Gasteiger charge is -2.03. The number of carbonyl (C=O) groups is 1. The molecule has 1 atom stereocenters. The van der Waals surface area contributed by atoms with Crippen molar-refractivity contribution in [3.05, 3.63) is 48.6 Å². The van der Waals surface area contributed by atoms with E-state index >= 15 is 0 Å². The summed E-state index contributed by atoms with van der Waals surface area (Å²) in [5, 5.41) is 17.4. The molecule has 1 unspecified atom stereocenters. The van der Waals surface area contributed by atoms with Crippen LogP contribution in [0.15, 0.2) is 48.6 Å². The van der Waals surface area contributed by atoms with Crippen LogP contribution in [0.3, 0.4) is 0 Å². The SMILES string of the molecule is CCCCC/C=C\C/C=C\CC(/C=C/C=C\CCCC(=O)O)OO. The van der Waals surface area contributed by atoms with Gasteiger partial charge in [0.05, 0.1) is 0 Å². The van der Waals surface area contributed by atoms with Gasteiger partial charge in [0, 0.05) is 6.42 Å². The molecule has 0 aliphatic rings. The molecule has 0 saturated carbocycles. The third-order valence-corrected chi connectivity index (χ3v) is 3.42. The topological polar surface area (TPSA) is 66.8 Å². The molecule has 0 aliphatic carbocycles. The maximum atomic E-state index is 10.3. The smallest absolute Gasteiger partial charge is 0.303 e. The number of unbranched alkanes of at least 4 members (excludes halogenated alkanes) is 4. The molecule has 0 saturated heterocycles. The van der Waals surface area contributed by atoms with Crippen LogP contribution in [0, 0.1) is 0 Å². The largest absolute Gasteiger partial charge is 0.481 e. The maximum absolute atomic E-state index is 10.3. The van der Waals surface area contributed by atoms with E-state index in [1.807, 2.05) is 24.3 Å². The first-order valence-electron chi connectivity index (χ1n) is 8.86. The van der Waals surface area contributed by atoms with Crippen LogP contribution in [0.25, 0.3) is 0 Å². The molecule has 0 aliphatic heterocycles.